The molecule has 1 aromatic rings. The van der Waals surface area contributed by atoms with Gasteiger partial charge >= 0.3 is 0 Å². The van der Waals surface area contributed by atoms with E-state index in [-0.39, 0.29) is 12.5 Å². The van der Waals surface area contributed by atoms with Gasteiger partial charge in [0.25, 0.3) is 5.91 Å². The fourth-order valence-electron chi connectivity index (χ4n) is 1.33. The first-order valence-electron chi connectivity index (χ1n) is 6.04. The number of benzene rings is 1. The molecule has 0 unspecified atom stereocenters. The minimum Gasteiger partial charge on any atom is -0.484 e. The number of ether oxygens (including phenoxy) is 1. The van der Waals surface area contributed by atoms with E-state index in [2.05, 4.69) is 19.2 Å². The molecule has 0 atom stereocenters. The summed E-state index contributed by atoms with van der Waals surface area (Å²) in [5.74, 6) is 1.27. The molecule has 1 amide bonds. The summed E-state index contributed by atoms with van der Waals surface area (Å²) >= 11 is 0. The number of rotatable bonds is 6. The Balaban J connectivity index is 2.21. The molecule has 3 nitrogen and oxygen atoms in total. The Morgan fingerprint density at radius 3 is 2.53 bits per heavy atom. The lowest BCUT2D eigenvalue weighted by Gasteiger charge is -2.08. The smallest absolute Gasteiger partial charge is 0.257 e. The van der Waals surface area contributed by atoms with Crippen molar-refractivity contribution in [1.29, 1.82) is 0 Å². The predicted octanol–water partition coefficient (Wildman–Crippen LogP) is 2.54. The summed E-state index contributed by atoms with van der Waals surface area (Å²) in [5, 5.41) is 2.83. The zero-order valence-corrected chi connectivity index (χ0v) is 10.8. The molecule has 17 heavy (non-hydrogen) atoms. The van der Waals surface area contributed by atoms with E-state index in [1.807, 2.05) is 31.2 Å². The van der Waals surface area contributed by atoms with Crippen molar-refractivity contribution >= 4 is 5.91 Å². The third kappa shape index (κ3) is 5.95. The topological polar surface area (TPSA) is 38.3 Å². The lowest BCUT2D eigenvalue weighted by atomic mass is 10.1. The molecule has 1 rings (SSSR count). The van der Waals surface area contributed by atoms with E-state index >= 15 is 0 Å². The van der Waals surface area contributed by atoms with Gasteiger partial charge in [0.2, 0.25) is 0 Å². The van der Waals surface area contributed by atoms with Crippen LogP contribution in [0.15, 0.2) is 24.3 Å². The second kappa shape index (κ2) is 6.94. The molecule has 1 aromatic carbocycles. The number of carbonyl (C=O) groups excluding carboxylic acids is 1. The fraction of sp³-hybridized carbons (Fsp3) is 0.500. The van der Waals surface area contributed by atoms with Crippen molar-refractivity contribution in [2.45, 2.75) is 27.2 Å². The maximum absolute atomic E-state index is 11.4. The van der Waals surface area contributed by atoms with Gasteiger partial charge in [0.15, 0.2) is 6.61 Å². The van der Waals surface area contributed by atoms with Gasteiger partial charge in [-0.3, -0.25) is 4.79 Å². The Hall–Kier alpha value is -1.51. The molecule has 0 heterocycles. The largest absolute Gasteiger partial charge is 0.484 e. The molecule has 0 saturated carbocycles. The molecule has 1 N–H and O–H groups in total. The highest BCUT2D eigenvalue weighted by Crippen LogP contribution is 2.10. The lowest BCUT2D eigenvalue weighted by Crippen LogP contribution is -2.30. The molecule has 3 heteroatoms. The van der Waals surface area contributed by atoms with Crippen molar-refractivity contribution in [3.05, 3.63) is 29.8 Å². The summed E-state index contributed by atoms with van der Waals surface area (Å²) in [6.45, 7) is 7.08. The number of hydrogen-bond donors (Lipinski definition) is 1. The van der Waals surface area contributed by atoms with Gasteiger partial charge in [-0.1, -0.05) is 31.5 Å². The van der Waals surface area contributed by atoms with Crippen LogP contribution in [0.1, 0.15) is 25.8 Å². The zero-order chi connectivity index (χ0) is 12.7. The minimum absolute atomic E-state index is 0.0637. The van der Waals surface area contributed by atoms with Crippen LogP contribution in [0, 0.1) is 12.8 Å². The van der Waals surface area contributed by atoms with Gasteiger partial charge in [0, 0.05) is 6.54 Å². The second-order valence-corrected chi connectivity index (χ2v) is 4.63. The van der Waals surface area contributed by atoms with Crippen LogP contribution < -0.4 is 10.1 Å². The summed E-state index contributed by atoms with van der Waals surface area (Å²) in [5.41, 5.74) is 1.18. The van der Waals surface area contributed by atoms with Crippen LogP contribution in [-0.4, -0.2) is 19.1 Å². The maximum atomic E-state index is 11.4. The fourth-order valence-corrected chi connectivity index (χ4v) is 1.33. The van der Waals surface area contributed by atoms with Crippen LogP contribution in [0.25, 0.3) is 0 Å². The lowest BCUT2D eigenvalue weighted by molar-refractivity contribution is -0.123. The Morgan fingerprint density at radius 2 is 1.94 bits per heavy atom. The van der Waals surface area contributed by atoms with Gasteiger partial charge in [0.1, 0.15) is 5.75 Å². The first kappa shape index (κ1) is 13.6. The molecular weight excluding hydrogens is 214 g/mol. The normalized spacial score (nSPS) is 10.4. The Labute approximate surface area is 103 Å². The van der Waals surface area contributed by atoms with Crippen molar-refractivity contribution in [3.8, 4) is 5.75 Å². The van der Waals surface area contributed by atoms with Crippen LogP contribution >= 0.6 is 0 Å². The average molecular weight is 235 g/mol. The molecule has 0 fully saturated rings. The summed E-state index contributed by atoms with van der Waals surface area (Å²) in [6, 6.07) is 7.67. The molecule has 0 aliphatic heterocycles. The van der Waals surface area contributed by atoms with Crippen molar-refractivity contribution in [2.75, 3.05) is 13.2 Å². The van der Waals surface area contributed by atoms with Crippen LogP contribution in [0.3, 0.4) is 0 Å². The molecule has 0 aliphatic carbocycles. The van der Waals surface area contributed by atoms with Crippen LogP contribution in [-0.2, 0) is 4.79 Å². The predicted molar refractivity (Wildman–Crippen MR) is 69.1 cm³/mol. The van der Waals surface area contributed by atoms with Gasteiger partial charge in [-0.15, -0.1) is 0 Å². The standard InChI is InChI=1S/C14H21NO2/c1-11(2)8-9-15-14(16)10-17-13-6-4-12(3)5-7-13/h4-7,11H,8-10H2,1-3H3,(H,15,16). The van der Waals surface area contributed by atoms with Gasteiger partial charge in [-0.05, 0) is 31.4 Å². The first-order valence-corrected chi connectivity index (χ1v) is 6.04. The molecule has 0 spiro atoms. The van der Waals surface area contributed by atoms with E-state index in [9.17, 15) is 4.79 Å². The summed E-state index contributed by atoms with van der Waals surface area (Å²) < 4.78 is 5.37. The molecule has 0 aliphatic rings. The maximum Gasteiger partial charge on any atom is 0.257 e. The van der Waals surface area contributed by atoms with Crippen molar-refractivity contribution in [1.82, 2.24) is 5.32 Å². The van der Waals surface area contributed by atoms with E-state index < -0.39 is 0 Å². The number of hydrogen-bond acceptors (Lipinski definition) is 2. The third-order valence-electron chi connectivity index (χ3n) is 2.43. The monoisotopic (exact) mass is 235 g/mol. The van der Waals surface area contributed by atoms with E-state index in [0.29, 0.717) is 12.5 Å². The third-order valence-corrected chi connectivity index (χ3v) is 2.43. The van der Waals surface area contributed by atoms with Crippen LogP contribution in [0.4, 0.5) is 0 Å². The highest BCUT2D eigenvalue weighted by Gasteiger charge is 2.02. The molecular formula is C14H21NO2. The Morgan fingerprint density at radius 1 is 1.29 bits per heavy atom. The summed E-state index contributed by atoms with van der Waals surface area (Å²) in [7, 11) is 0. The van der Waals surface area contributed by atoms with Crippen molar-refractivity contribution < 1.29 is 9.53 Å². The van der Waals surface area contributed by atoms with E-state index in [1.54, 1.807) is 0 Å². The zero-order valence-electron chi connectivity index (χ0n) is 10.8. The molecule has 0 saturated heterocycles. The average Bonchev–Trinajstić information content (AvgIpc) is 2.28. The van der Waals surface area contributed by atoms with Gasteiger partial charge in [-0.25, -0.2) is 0 Å². The summed E-state index contributed by atoms with van der Waals surface area (Å²) in [6.07, 6.45) is 0.996. The van der Waals surface area contributed by atoms with Crippen LogP contribution in [0.5, 0.6) is 5.75 Å². The van der Waals surface area contributed by atoms with Gasteiger partial charge < -0.3 is 10.1 Å². The van der Waals surface area contributed by atoms with Gasteiger partial charge in [0.05, 0.1) is 0 Å². The first-order chi connectivity index (χ1) is 8.08. The number of nitrogens with one attached hydrogen (secondary N) is 1. The molecule has 0 aromatic heterocycles. The number of carbonyl (C=O) groups is 1. The van der Waals surface area contributed by atoms with Crippen LogP contribution in [0.2, 0.25) is 0 Å². The minimum atomic E-state index is -0.0637. The molecule has 94 valence electrons. The Bertz CT molecular complexity index is 344. The van der Waals surface area contributed by atoms with Crippen molar-refractivity contribution in [3.63, 3.8) is 0 Å². The van der Waals surface area contributed by atoms with Crippen molar-refractivity contribution in [2.24, 2.45) is 5.92 Å². The number of aryl methyl sites for hydroxylation is 1. The van der Waals surface area contributed by atoms with Gasteiger partial charge in [-0.2, -0.15) is 0 Å². The SMILES string of the molecule is Cc1ccc(OCC(=O)NCCC(C)C)cc1. The molecule has 0 bridgehead atoms. The van der Waals surface area contributed by atoms with E-state index in [4.69, 9.17) is 4.74 Å². The quantitative estimate of drug-likeness (QED) is 0.823. The number of amides is 1. The van der Waals surface area contributed by atoms with E-state index in [1.165, 1.54) is 5.56 Å². The second-order valence-electron chi connectivity index (χ2n) is 4.63. The summed E-state index contributed by atoms with van der Waals surface area (Å²) in [4.78, 5) is 11.4. The Kier molecular flexibility index (Phi) is 5.53. The van der Waals surface area contributed by atoms with E-state index in [0.717, 1.165) is 12.2 Å². The highest BCUT2D eigenvalue weighted by molar-refractivity contribution is 5.77. The molecule has 0 radical (unpaired) electrons. The highest BCUT2D eigenvalue weighted by atomic mass is 16.5.